The van der Waals surface area contributed by atoms with Gasteiger partial charge in [-0.3, -0.25) is 4.79 Å². The van der Waals surface area contributed by atoms with E-state index in [1.807, 2.05) is 0 Å². The number of aromatic hydroxyl groups is 1. The minimum atomic E-state index is -1.58. The smallest absolute Gasteiger partial charge is 0.308 e. The number of rotatable bonds is 5. The maximum atomic E-state index is 13.0. The predicted octanol–water partition coefficient (Wildman–Crippen LogP) is 4.31. The molecule has 1 N–H and O–H groups in total. The molecule has 3 rings (SSSR count). The SMILES string of the molecule is COc1c(OC)c(OC(C)=O)c2ccc([S+]([O-])c3ccccc3Cl)cc2c1O. The lowest BCUT2D eigenvalue weighted by atomic mass is 10.1. The Balaban J connectivity index is 2.25. The Kier molecular flexibility index (Phi) is 5.88. The van der Waals surface area contributed by atoms with Crippen molar-refractivity contribution in [3.63, 3.8) is 0 Å². The third-order valence-corrected chi connectivity index (χ3v) is 5.90. The van der Waals surface area contributed by atoms with Crippen LogP contribution in [0.4, 0.5) is 0 Å². The summed E-state index contributed by atoms with van der Waals surface area (Å²) in [7, 11) is 2.73. The van der Waals surface area contributed by atoms with Gasteiger partial charge in [0.2, 0.25) is 11.5 Å². The Morgan fingerprint density at radius 1 is 1.04 bits per heavy atom. The van der Waals surface area contributed by atoms with Crippen molar-refractivity contribution in [1.82, 2.24) is 0 Å². The van der Waals surface area contributed by atoms with Crippen LogP contribution in [0.3, 0.4) is 0 Å². The van der Waals surface area contributed by atoms with E-state index in [-0.39, 0.29) is 23.0 Å². The minimum absolute atomic E-state index is 0.00641. The van der Waals surface area contributed by atoms with Crippen LogP contribution in [0.25, 0.3) is 10.8 Å². The molecule has 0 amide bonds. The van der Waals surface area contributed by atoms with Crippen molar-refractivity contribution in [2.24, 2.45) is 0 Å². The number of ether oxygens (including phenoxy) is 3. The van der Waals surface area contributed by atoms with Crippen molar-refractivity contribution in [3.05, 3.63) is 47.5 Å². The summed E-state index contributed by atoms with van der Waals surface area (Å²) in [6.07, 6.45) is 0. The second-order valence-corrected chi connectivity index (χ2v) is 7.60. The molecule has 0 aromatic heterocycles. The number of fused-ring (bicyclic) bond motifs is 1. The van der Waals surface area contributed by atoms with Crippen LogP contribution in [0.1, 0.15) is 6.92 Å². The average molecular weight is 421 g/mol. The van der Waals surface area contributed by atoms with E-state index >= 15 is 0 Å². The van der Waals surface area contributed by atoms with Crippen molar-refractivity contribution in [3.8, 4) is 23.0 Å². The van der Waals surface area contributed by atoms with Crippen LogP contribution in [0.5, 0.6) is 23.0 Å². The highest BCUT2D eigenvalue weighted by Crippen LogP contribution is 2.51. The number of carbonyl (C=O) groups excluding carboxylic acids is 1. The average Bonchev–Trinajstić information content (AvgIpc) is 2.69. The van der Waals surface area contributed by atoms with Crippen LogP contribution in [0.2, 0.25) is 5.02 Å². The zero-order chi connectivity index (χ0) is 20.4. The number of methoxy groups -OCH3 is 2. The van der Waals surface area contributed by atoms with Gasteiger partial charge in [-0.15, -0.1) is 0 Å². The molecule has 0 fully saturated rings. The number of carbonyl (C=O) groups is 1. The molecule has 0 saturated carbocycles. The van der Waals surface area contributed by atoms with Crippen molar-refractivity contribution < 1.29 is 28.7 Å². The van der Waals surface area contributed by atoms with E-state index in [1.54, 1.807) is 42.5 Å². The monoisotopic (exact) mass is 420 g/mol. The molecule has 146 valence electrons. The molecule has 3 aromatic carbocycles. The molecule has 0 radical (unpaired) electrons. The Hall–Kier alpha value is -2.61. The molecule has 0 spiro atoms. The largest absolute Gasteiger partial charge is 0.606 e. The first-order valence-electron chi connectivity index (χ1n) is 8.14. The topological polar surface area (TPSA) is 88.1 Å². The zero-order valence-corrected chi connectivity index (χ0v) is 16.9. The number of phenols is 1. The first kappa shape index (κ1) is 20.1. The van der Waals surface area contributed by atoms with E-state index in [0.29, 0.717) is 25.6 Å². The van der Waals surface area contributed by atoms with E-state index < -0.39 is 17.1 Å². The Bertz CT molecular complexity index is 1050. The molecule has 3 aromatic rings. The van der Waals surface area contributed by atoms with Crippen LogP contribution < -0.4 is 14.2 Å². The summed E-state index contributed by atoms with van der Waals surface area (Å²) in [6.45, 7) is 1.26. The Labute approximate surface area is 169 Å². The first-order chi connectivity index (χ1) is 13.4. The third kappa shape index (κ3) is 3.56. The lowest BCUT2D eigenvalue weighted by Gasteiger charge is -2.18. The number of hydrogen-bond acceptors (Lipinski definition) is 6. The second-order valence-electron chi connectivity index (χ2n) is 5.74. The zero-order valence-electron chi connectivity index (χ0n) is 15.3. The Morgan fingerprint density at radius 2 is 1.71 bits per heavy atom. The van der Waals surface area contributed by atoms with Gasteiger partial charge in [-0.1, -0.05) is 23.7 Å². The lowest BCUT2D eigenvalue weighted by Crippen LogP contribution is -2.06. The van der Waals surface area contributed by atoms with Gasteiger partial charge in [-0.25, -0.2) is 0 Å². The summed E-state index contributed by atoms with van der Waals surface area (Å²) >= 11 is 4.57. The molecule has 28 heavy (non-hydrogen) atoms. The molecule has 1 atom stereocenters. The molecule has 0 aliphatic heterocycles. The predicted molar refractivity (Wildman–Crippen MR) is 106 cm³/mol. The standard InChI is InChI=1S/C20H17ClO6S/c1-11(22)27-18-13-9-8-12(28(24)16-7-5-4-6-15(16)21)10-14(13)17(23)19(25-2)20(18)26-3/h4-10,23H,1-3H3. The van der Waals surface area contributed by atoms with Crippen LogP contribution in [-0.4, -0.2) is 29.8 Å². The summed E-state index contributed by atoms with van der Waals surface area (Å²) in [6, 6.07) is 11.6. The van der Waals surface area contributed by atoms with Gasteiger partial charge in [0.25, 0.3) is 0 Å². The third-order valence-electron chi connectivity index (χ3n) is 4.02. The Morgan fingerprint density at radius 3 is 2.32 bits per heavy atom. The molecule has 8 heteroatoms. The molecule has 0 bridgehead atoms. The van der Waals surface area contributed by atoms with Crippen LogP contribution in [0.15, 0.2) is 52.3 Å². The molecule has 0 aliphatic carbocycles. The van der Waals surface area contributed by atoms with Gasteiger partial charge in [0, 0.05) is 34.9 Å². The molecule has 0 heterocycles. The van der Waals surface area contributed by atoms with Gasteiger partial charge in [0.15, 0.2) is 21.3 Å². The van der Waals surface area contributed by atoms with Crippen molar-refractivity contribution >= 4 is 39.5 Å². The number of phenolic OH excluding ortho intramolecular Hbond substituents is 1. The molecule has 1 unspecified atom stereocenters. The van der Waals surface area contributed by atoms with Crippen molar-refractivity contribution in [1.29, 1.82) is 0 Å². The number of esters is 1. The summed E-state index contributed by atoms with van der Waals surface area (Å²) in [5, 5.41) is 11.8. The van der Waals surface area contributed by atoms with Crippen LogP contribution >= 0.6 is 11.6 Å². The summed E-state index contributed by atoms with van der Waals surface area (Å²) < 4.78 is 28.8. The number of halogens is 1. The summed E-state index contributed by atoms with van der Waals surface area (Å²) in [5.74, 6) is -0.580. The summed E-state index contributed by atoms with van der Waals surface area (Å²) in [5.41, 5.74) is 0. The first-order valence-corrected chi connectivity index (χ1v) is 9.67. The highest BCUT2D eigenvalue weighted by atomic mass is 35.5. The van der Waals surface area contributed by atoms with E-state index in [9.17, 15) is 14.5 Å². The number of hydrogen-bond donors (Lipinski definition) is 1. The van der Waals surface area contributed by atoms with Gasteiger partial charge in [-0.2, -0.15) is 0 Å². The van der Waals surface area contributed by atoms with Crippen molar-refractivity contribution in [2.75, 3.05) is 14.2 Å². The quantitative estimate of drug-likeness (QED) is 0.376. The molecule has 6 nitrogen and oxygen atoms in total. The number of benzene rings is 3. The highest BCUT2D eigenvalue weighted by Gasteiger charge is 2.26. The normalized spacial score (nSPS) is 11.9. The minimum Gasteiger partial charge on any atom is -0.606 e. The van der Waals surface area contributed by atoms with Gasteiger partial charge < -0.3 is 23.9 Å². The fourth-order valence-electron chi connectivity index (χ4n) is 2.83. The fraction of sp³-hybridized carbons (Fsp3) is 0.150. The van der Waals surface area contributed by atoms with E-state index in [2.05, 4.69) is 0 Å². The van der Waals surface area contributed by atoms with Crippen molar-refractivity contribution in [2.45, 2.75) is 16.7 Å². The highest BCUT2D eigenvalue weighted by molar-refractivity contribution is 7.91. The molecular weight excluding hydrogens is 404 g/mol. The van der Waals surface area contributed by atoms with E-state index in [0.717, 1.165) is 0 Å². The molecule has 0 aliphatic rings. The van der Waals surface area contributed by atoms with E-state index in [1.165, 1.54) is 21.1 Å². The maximum absolute atomic E-state index is 13.0. The summed E-state index contributed by atoms with van der Waals surface area (Å²) in [4.78, 5) is 12.4. The molecular formula is C20H17ClO6S. The van der Waals surface area contributed by atoms with Gasteiger partial charge in [0.1, 0.15) is 0 Å². The van der Waals surface area contributed by atoms with Crippen LogP contribution in [0, 0.1) is 0 Å². The van der Waals surface area contributed by atoms with Crippen LogP contribution in [-0.2, 0) is 16.0 Å². The maximum Gasteiger partial charge on any atom is 0.308 e. The second kappa shape index (κ2) is 8.18. The van der Waals surface area contributed by atoms with Gasteiger partial charge in [0.05, 0.1) is 19.2 Å². The van der Waals surface area contributed by atoms with Gasteiger partial charge in [-0.05, 0) is 24.3 Å². The van der Waals surface area contributed by atoms with Gasteiger partial charge >= 0.3 is 5.97 Å². The molecule has 0 saturated heterocycles. The lowest BCUT2D eigenvalue weighted by molar-refractivity contribution is -0.131. The van der Waals surface area contributed by atoms with E-state index in [4.69, 9.17) is 25.8 Å². The fourth-order valence-corrected chi connectivity index (χ4v) is 4.29.